The first-order chi connectivity index (χ1) is 12.3. The number of hydrazine groups is 2. The lowest BCUT2D eigenvalue weighted by atomic mass is 10.1. The van der Waals surface area contributed by atoms with Gasteiger partial charge in [0.15, 0.2) is 8.64 Å². The van der Waals surface area contributed by atoms with Gasteiger partial charge in [0.25, 0.3) is 11.8 Å². The van der Waals surface area contributed by atoms with Crippen molar-refractivity contribution in [3.63, 3.8) is 0 Å². The molecule has 0 atom stereocenters. The summed E-state index contributed by atoms with van der Waals surface area (Å²) < 4.78 is 0.922. The normalized spacial score (nSPS) is 10.0. The van der Waals surface area contributed by atoms with Crippen molar-refractivity contribution in [2.24, 2.45) is 0 Å². The molecule has 0 radical (unpaired) electrons. The minimum Gasteiger partial charge on any atom is -0.283 e. The van der Waals surface area contributed by atoms with Crippen molar-refractivity contribution < 1.29 is 9.59 Å². The van der Waals surface area contributed by atoms with Gasteiger partial charge in [0.05, 0.1) is 22.5 Å². The monoisotopic (exact) mass is 431 g/mol. The average molecular weight is 432 g/mol. The quantitative estimate of drug-likeness (QED) is 0.423. The van der Waals surface area contributed by atoms with Gasteiger partial charge in [0.2, 0.25) is 0 Å². The van der Waals surface area contributed by atoms with E-state index in [9.17, 15) is 9.59 Å². The Labute approximate surface area is 172 Å². The van der Waals surface area contributed by atoms with E-state index in [0.717, 1.165) is 11.5 Å². The predicted octanol–water partition coefficient (Wildman–Crippen LogP) is 2.24. The fraction of sp³-hybridized carbons (Fsp3) is 0.400. The van der Waals surface area contributed by atoms with Crippen LogP contribution in [0.25, 0.3) is 0 Å². The fourth-order valence-electron chi connectivity index (χ4n) is 1.87. The number of carbonyl (C=O) groups is 2. The maximum absolute atomic E-state index is 12.4. The zero-order valence-corrected chi connectivity index (χ0v) is 18.2. The maximum atomic E-state index is 12.4. The van der Waals surface area contributed by atoms with E-state index < -0.39 is 11.8 Å². The van der Waals surface area contributed by atoms with E-state index in [-0.39, 0.29) is 11.1 Å². The number of pyridine rings is 1. The molecule has 0 aliphatic carbocycles. The Kier molecular flexibility index (Phi) is 9.84. The Morgan fingerprint density at radius 1 is 0.885 bits per heavy atom. The Bertz CT molecular complexity index is 656. The van der Waals surface area contributed by atoms with E-state index >= 15 is 0 Å². The van der Waals surface area contributed by atoms with Crippen LogP contribution in [0.15, 0.2) is 6.07 Å². The number of thioether (sulfide) groups is 2. The molecular formula is C15H21N5O2S4. The van der Waals surface area contributed by atoms with Crippen molar-refractivity contribution in [2.45, 2.75) is 27.7 Å². The molecule has 0 aliphatic heterocycles. The van der Waals surface area contributed by atoms with Gasteiger partial charge in [0, 0.05) is 0 Å². The number of amides is 2. The lowest BCUT2D eigenvalue weighted by Gasteiger charge is -2.13. The number of hydrogen-bond acceptors (Lipinski definition) is 7. The van der Waals surface area contributed by atoms with E-state index in [1.54, 1.807) is 13.8 Å². The summed E-state index contributed by atoms with van der Waals surface area (Å²) in [5.74, 6) is 0.742. The zero-order chi connectivity index (χ0) is 19.7. The second-order valence-corrected chi connectivity index (χ2v) is 8.74. The lowest BCUT2D eigenvalue weighted by molar-refractivity contribution is 0.0943. The Morgan fingerprint density at radius 3 is 1.62 bits per heavy atom. The highest BCUT2D eigenvalue weighted by atomic mass is 32.2. The van der Waals surface area contributed by atoms with Gasteiger partial charge in [-0.2, -0.15) is 0 Å². The van der Waals surface area contributed by atoms with Crippen LogP contribution in [-0.2, 0) is 0 Å². The third-order valence-electron chi connectivity index (χ3n) is 3.00. The highest BCUT2D eigenvalue weighted by Gasteiger charge is 2.17. The Balaban J connectivity index is 2.87. The average Bonchev–Trinajstić information content (AvgIpc) is 2.58. The van der Waals surface area contributed by atoms with Crippen molar-refractivity contribution in [3.8, 4) is 0 Å². The third kappa shape index (κ3) is 7.06. The molecule has 0 aromatic carbocycles. The van der Waals surface area contributed by atoms with Crippen LogP contribution in [0.2, 0.25) is 0 Å². The molecule has 26 heavy (non-hydrogen) atoms. The van der Waals surface area contributed by atoms with Crippen LogP contribution < -0.4 is 21.7 Å². The van der Waals surface area contributed by atoms with Gasteiger partial charge in [-0.3, -0.25) is 36.3 Å². The van der Waals surface area contributed by atoms with Crippen LogP contribution in [0.1, 0.15) is 46.0 Å². The molecule has 0 aliphatic rings. The molecule has 1 rings (SSSR count). The molecule has 2 amide bonds. The second kappa shape index (κ2) is 11.3. The van der Waals surface area contributed by atoms with E-state index in [1.165, 1.54) is 29.6 Å². The number of rotatable bonds is 4. The van der Waals surface area contributed by atoms with Crippen molar-refractivity contribution in [2.75, 3.05) is 11.5 Å². The van der Waals surface area contributed by atoms with Gasteiger partial charge < -0.3 is 0 Å². The topological polar surface area (TPSA) is 95.1 Å². The standard InChI is InChI=1S/C15H21N5O2S4/c1-5-25-14(23)19-17-12(21)10-7-11(9(4)16-8(10)3)13(22)18-20-15(24)26-6-2/h7H,5-6H2,1-4H3,(H,17,21)(H,18,22)(H,19,23)(H,20,24). The van der Waals surface area contributed by atoms with Crippen LogP contribution >= 0.6 is 48.0 Å². The highest BCUT2D eigenvalue weighted by molar-refractivity contribution is 8.23. The molecule has 7 nitrogen and oxygen atoms in total. The Morgan fingerprint density at radius 2 is 1.27 bits per heavy atom. The molecule has 4 N–H and O–H groups in total. The molecule has 1 aromatic heterocycles. The minimum atomic E-state index is -0.423. The highest BCUT2D eigenvalue weighted by Crippen LogP contribution is 2.13. The van der Waals surface area contributed by atoms with Gasteiger partial charge in [-0.15, -0.1) is 0 Å². The number of hydrogen-bond donors (Lipinski definition) is 4. The number of nitrogens with one attached hydrogen (secondary N) is 4. The van der Waals surface area contributed by atoms with Crippen LogP contribution in [0.3, 0.4) is 0 Å². The van der Waals surface area contributed by atoms with Gasteiger partial charge in [-0.05, 0) is 31.4 Å². The second-order valence-electron chi connectivity index (χ2n) is 4.85. The van der Waals surface area contributed by atoms with Crippen LogP contribution in [0.5, 0.6) is 0 Å². The number of nitrogens with zero attached hydrogens (tertiary/aromatic N) is 1. The molecule has 0 unspecified atom stereocenters. The molecule has 0 spiro atoms. The summed E-state index contributed by atoms with van der Waals surface area (Å²) >= 11 is 12.9. The first kappa shape index (κ1) is 22.6. The van der Waals surface area contributed by atoms with Crippen molar-refractivity contribution in [3.05, 3.63) is 28.6 Å². The number of aryl methyl sites for hydroxylation is 2. The van der Waals surface area contributed by atoms with Gasteiger partial charge in [-0.1, -0.05) is 61.8 Å². The minimum absolute atomic E-state index is 0.281. The van der Waals surface area contributed by atoms with E-state index in [0.29, 0.717) is 20.0 Å². The maximum Gasteiger partial charge on any atom is 0.271 e. The summed E-state index contributed by atoms with van der Waals surface area (Å²) in [5.41, 5.74) is 11.9. The molecular weight excluding hydrogens is 410 g/mol. The van der Waals surface area contributed by atoms with Crippen molar-refractivity contribution >= 4 is 68.4 Å². The SMILES string of the molecule is CCSC(=S)NNC(=O)c1cc(C(=O)NNC(=S)SCC)c(C)nc1C. The molecule has 1 aromatic rings. The van der Waals surface area contributed by atoms with Crippen LogP contribution in [0, 0.1) is 13.8 Å². The van der Waals surface area contributed by atoms with Gasteiger partial charge >= 0.3 is 0 Å². The number of thiocarbonyl (C=S) groups is 2. The molecule has 0 fully saturated rings. The number of aromatic nitrogens is 1. The molecule has 1 heterocycles. The van der Waals surface area contributed by atoms with Gasteiger partial charge in [-0.25, -0.2) is 0 Å². The number of carbonyl (C=O) groups excluding carboxylic acids is 2. The zero-order valence-electron chi connectivity index (χ0n) is 14.9. The summed E-state index contributed by atoms with van der Waals surface area (Å²) in [6, 6.07) is 1.50. The molecule has 11 heteroatoms. The summed E-state index contributed by atoms with van der Waals surface area (Å²) in [4.78, 5) is 29.0. The van der Waals surface area contributed by atoms with E-state index in [1.807, 2.05) is 13.8 Å². The van der Waals surface area contributed by atoms with Crippen molar-refractivity contribution in [1.29, 1.82) is 0 Å². The molecule has 142 valence electrons. The van der Waals surface area contributed by atoms with Crippen LogP contribution in [-0.4, -0.2) is 36.9 Å². The first-order valence-electron chi connectivity index (χ1n) is 7.74. The Hall–Kier alpha value is -1.43. The lowest BCUT2D eigenvalue weighted by Crippen LogP contribution is -2.41. The van der Waals surface area contributed by atoms with Crippen LogP contribution in [0.4, 0.5) is 0 Å². The third-order valence-corrected chi connectivity index (χ3v) is 5.22. The molecule has 0 saturated carbocycles. The molecule has 0 bridgehead atoms. The van der Waals surface area contributed by atoms with E-state index in [2.05, 4.69) is 26.7 Å². The van der Waals surface area contributed by atoms with E-state index in [4.69, 9.17) is 24.4 Å². The smallest absolute Gasteiger partial charge is 0.271 e. The molecule has 0 saturated heterocycles. The fourth-order valence-corrected chi connectivity index (χ4v) is 3.45. The first-order valence-corrected chi connectivity index (χ1v) is 10.5. The summed E-state index contributed by atoms with van der Waals surface area (Å²) in [6.45, 7) is 7.32. The summed E-state index contributed by atoms with van der Waals surface area (Å²) in [5, 5.41) is 0. The summed E-state index contributed by atoms with van der Waals surface area (Å²) in [7, 11) is 0. The predicted molar refractivity (Wildman–Crippen MR) is 116 cm³/mol. The van der Waals surface area contributed by atoms with Gasteiger partial charge in [0.1, 0.15) is 0 Å². The largest absolute Gasteiger partial charge is 0.283 e. The van der Waals surface area contributed by atoms with Crippen molar-refractivity contribution in [1.82, 2.24) is 26.7 Å². The summed E-state index contributed by atoms with van der Waals surface area (Å²) in [6.07, 6.45) is 0.